The summed E-state index contributed by atoms with van der Waals surface area (Å²) in [6.45, 7) is 10.9. The number of nitrogens with zero attached hydrogens (tertiary/aromatic N) is 1. The first-order chi connectivity index (χ1) is 17.0. The van der Waals surface area contributed by atoms with Gasteiger partial charge in [-0.25, -0.2) is 0 Å². The third kappa shape index (κ3) is 7.95. The minimum absolute atomic E-state index is 0.106. The molecule has 3 amide bonds. The van der Waals surface area contributed by atoms with Crippen LogP contribution in [-0.2, 0) is 20.8 Å². The summed E-state index contributed by atoms with van der Waals surface area (Å²) in [6.07, 6.45) is 3.86. The second-order valence-electron chi connectivity index (χ2n) is 11.6. The summed E-state index contributed by atoms with van der Waals surface area (Å²) < 4.78 is 6.24. The van der Waals surface area contributed by atoms with Crippen molar-refractivity contribution < 1.29 is 19.1 Å². The van der Waals surface area contributed by atoms with Crippen molar-refractivity contribution in [1.29, 1.82) is 0 Å². The number of hydrogen-bond donors (Lipinski definition) is 3. The number of ether oxygens (including phenoxy) is 1. The summed E-state index contributed by atoms with van der Waals surface area (Å²) in [5, 5.41) is 9.34. The van der Waals surface area contributed by atoms with Gasteiger partial charge in [-0.15, -0.1) is 0 Å². The number of carbonyl (C=O) groups excluding carboxylic acids is 3. The maximum Gasteiger partial charge on any atom is 0.243 e. The van der Waals surface area contributed by atoms with Crippen LogP contribution in [0, 0.1) is 11.3 Å². The molecule has 0 spiro atoms. The number of likely N-dealkylation sites (N-methyl/N-ethyl adjacent to an activating group) is 1. The van der Waals surface area contributed by atoms with E-state index >= 15 is 0 Å². The molecule has 1 fully saturated rings. The molecular formula is C28H44N4O4. The van der Waals surface area contributed by atoms with Crippen molar-refractivity contribution in [2.45, 2.75) is 91.0 Å². The van der Waals surface area contributed by atoms with Gasteiger partial charge >= 0.3 is 0 Å². The van der Waals surface area contributed by atoms with Crippen LogP contribution in [0.4, 0.5) is 0 Å². The maximum atomic E-state index is 13.4. The Morgan fingerprint density at radius 2 is 1.75 bits per heavy atom. The highest BCUT2D eigenvalue weighted by Gasteiger charge is 2.40. The largest absolute Gasteiger partial charge is 0.489 e. The topological polar surface area (TPSA) is 99.8 Å². The van der Waals surface area contributed by atoms with Crippen molar-refractivity contribution in [2.24, 2.45) is 11.3 Å². The van der Waals surface area contributed by atoms with Crippen LogP contribution in [0.5, 0.6) is 5.75 Å². The van der Waals surface area contributed by atoms with Crippen molar-refractivity contribution in [3.63, 3.8) is 0 Å². The fourth-order valence-corrected chi connectivity index (χ4v) is 4.58. The highest BCUT2D eigenvalue weighted by Crippen LogP contribution is 2.33. The zero-order valence-electron chi connectivity index (χ0n) is 22.7. The molecule has 8 heteroatoms. The van der Waals surface area contributed by atoms with E-state index in [1.54, 1.807) is 14.0 Å². The molecule has 0 unspecified atom stereocenters. The number of hydrogen-bond acceptors (Lipinski definition) is 5. The van der Waals surface area contributed by atoms with Gasteiger partial charge in [0.05, 0.1) is 6.04 Å². The Kier molecular flexibility index (Phi) is 9.39. The first kappa shape index (κ1) is 28.0. The minimum Gasteiger partial charge on any atom is -0.489 e. The van der Waals surface area contributed by atoms with Gasteiger partial charge < -0.3 is 25.6 Å². The Morgan fingerprint density at radius 1 is 1.06 bits per heavy atom. The van der Waals surface area contributed by atoms with E-state index in [4.69, 9.17) is 4.74 Å². The van der Waals surface area contributed by atoms with E-state index in [1.165, 1.54) is 4.90 Å². The van der Waals surface area contributed by atoms with E-state index < -0.39 is 12.1 Å². The zero-order chi connectivity index (χ0) is 26.5. The highest BCUT2D eigenvalue weighted by molar-refractivity contribution is 5.93. The molecule has 1 aromatic carbocycles. The van der Waals surface area contributed by atoms with E-state index in [2.05, 4.69) is 16.0 Å². The first-order valence-corrected chi connectivity index (χ1v) is 13.3. The van der Waals surface area contributed by atoms with Crippen LogP contribution in [0.1, 0.15) is 65.9 Å². The van der Waals surface area contributed by atoms with Gasteiger partial charge in [-0.3, -0.25) is 14.4 Å². The minimum atomic E-state index is -0.699. The predicted octanol–water partition coefficient (Wildman–Crippen LogP) is 2.65. The van der Waals surface area contributed by atoms with Crippen LogP contribution in [0.25, 0.3) is 0 Å². The Hall–Kier alpha value is -2.61. The van der Waals surface area contributed by atoms with E-state index in [-0.39, 0.29) is 41.2 Å². The summed E-state index contributed by atoms with van der Waals surface area (Å²) in [7, 11) is 1.66. The zero-order valence-corrected chi connectivity index (χ0v) is 22.7. The Labute approximate surface area is 215 Å². The summed E-state index contributed by atoms with van der Waals surface area (Å²) >= 11 is 0. The number of benzene rings is 1. The Bertz CT molecular complexity index is 924. The molecule has 1 heterocycles. The second-order valence-corrected chi connectivity index (χ2v) is 11.6. The lowest BCUT2D eigenvalue weighted by molar-refractivity contribution is -0.141. The molecule has 200 valence electrons. The molecule has 1 aliphatic carbocycles. The van der Waals surface area contributed by atoms with Gasteiger partial charge in [0.1, 0.15) is 23.9 Å². The van der Waals surface area contributed by atoms with Gasteiger partial charge in [0, 0.05) is 20.1 Å². The molecule has 0 saturated heterocycles. The number of fused-ring (bicyclic) bond motifs is 1. The van der Waals surface area contributed by atoms with Gasteiger partial charge in [-0.2, -0.15) is 0 Å². The van der Waals surface area contributed by atoms with Gasteiger partial charge in [0.15, 0.2) is 0 Å². The molecule has 1 aromatic rings. The lowest BCUT2D eigenvalue weighted by atomic mass is 9.87. The van der Waals surface area contributed by atoms with Crippen molar-refractivity contribution in [2.75, 3.05) is 20.1 Å². The lowest BCUT2D eigenvalue weighted by Gasteiger charge is -2.32. The SMILES string of the molecule is C[C@@H]1CN[C@@H](C2CC2)C(=O)N(C)[C@H](C)C(=O)N[C@H](CC(C)(C)C)C(=O)NCCCc2ccccc2O1. The van der Waals surface area contributed by atoms with E-state index in [0.717, 1.165) is 37.0 Å². The third-order valence-corrected chi connectivity index (χ3v) is 6.97. The van der Waals surface area contributed by atoms with Gasteiger partial charge in [-0.1, -0.05) is 39.0 Å². The summed E-state index contributed by atoms with van der Waals surface area (Å²) in [4.78, 5) is 41.2. The van der Waals surface area contributed by atoms with Crippen LogP contribution < -0.4 is 20.7 Å². The molecule has 0 aromatic heterocycles. The number of carbonyl (C=O) groups is 3. The van der Waals surface area contributed by atoms with Crippen molar-refractivity contribution in [3.05, 3.63) is 29.8 Å². The normalized spacial score (nSPS) is 27.7. The molecule has 0 bridgehead atoms. The first-order valence-electron chi connectivity index (χ1n) is 13.3. The monoisotopic (exact) mass is 500 g/mol. The van der Waals surface area contributed by atoms with E-state index in [1.807, 2.05) is 52.0 Å². The summed E-state index contributed by atoms with van der Waals surface area (Å²) in [6, 6.07) is 6.23. The Morgan fingerprint density at radius 3 is 2.42 bits per heavy atom. The lowest BCUT2D eigenvalue weighted by Crippen LogP contribution is -2.57. The van der Waals surface area contributed by atoms with Crippen LogP contribution in [0.15, 0.2) is 24.3 Å². The molecule has 2 aliphatic rings. The van der Waals surface area contributed by atoms with E-state index in [0.29, 0.717) is 19.5 Å². The average Bonchev–Trinajstić information content (AvgIpc) is 3.65. The predicted molar refractivity (Wildman–Crippen MR) is 141 cm³/mol. The van der Waals surface area contributed by atoms with Crippen LogP contribution in [-0.4, -0.2) is 67.0 Å². The fourth-order valence-electron chi connectivity index (χ4n) is 4.58. The molecule has 1 aliphatic heterocycles. The molecule has 36 heavy (non-hydrogen) atoms. The molecular weight excluding hydrogens is 456 g/mol. The second kappa shape index (κ2) is 12.1. The number of aryl methyl sites for hydroxylation is 1. The van der Waals surface area contributed by atoms with Crippen molar-refractivity contribution in [1.82, 2.24) is 20.9 Å². The molecule has 0 radical (unpaired) electrons. The molecule has 3 rings (SSSR count). The summed E-state index contributed by atoms with van der Waals surface area (Å²) in [5.41, 5.74) is 0.924. The van der Waals surface area contributed by atoms with Gasteiger partial charge in [-0.05, 0) is 68.9 Å². The van der Waals surface area contributed by atoms with E-state index in [9.17, 15) is 14.4 Å². The smallest absolute Gasteiger partial charge is 0.243 e. The number of amides is 3. The van der Waals surface area contributed by atoms with Crippen molar-refractivity contribution >= 4 is 17.7 Å². The molecule has 1 saturated carbocycles. The summed E-state index contributed by atoms with van der Waals surface area (Å²) in [5.74, 6) is 0.468. The Balaban J connectivity index is 1.84. The van der Waals surface area contributed by atoms with Gasteiger partial charge in [0.2, 0.25) is 17.7 Å². The fraction of sp³-hybridized carbons (Fsp3) is 0.679. The standard InChI is InChI=1S/C28H44N4O4/c1-18-17-30-24(21-13-14-21)27(35)32(6)19(2)25(33)31-22(16-28(3,4)5)26(34)29-15-9-11-20-10-7-8-12-23(20)36-18/h7-8,10,12,18-19,21-22,24,30H,9,11,13-17H2,1-6H3,(H,29,34)(H,31,33)/t18-,19-,22-,24+/m1/s1. The van der Waals surface area contributed by atoms with Gasteiger partial charge in [0.25, 0.3) is 0 Å². The highest BCUT2D eigenvalue weighted by atomic mass is 16.5. The van der Waals surface area contributed by atoms with Crippen LogP contribution >= 0.6 is 0 Å². The van der Waals surface area contributed by atoms with Crippen LogP contribution in [0.2, 0.25) is 0 Å². The number of rotatable bonds is 2. The third-order valence-electron chi connectivity index (χ3n) is 6.97. The molecule has 4 atom stereocenters. The van der Waals surface area contributed by atoms with Crippen molar-refractivity contribution in [3.8, 4) is 5.75 Å². The number of nitrogens with one attached hydrogen (secondary N) is 3. The quantitative estimate of drug-likeness (QED) is 0.580. The number of para-hydroxylation sites is 1. The molecule has 3 N–H and O–H groups in total. The maximum absolute atomic E-state index is 13.4. The van der Waals surface area contributed by atoms with Crippen LogP contribution in [0.3, 0.4) is 0 Å². The molecule has 8 nitrogen and oxygen atoms in total. The average molecular weight is 501 g/mol.